The van der Waals surface area contributed by atoms with Crippen LogP contribution >= 0.6 is 0 Å². The van der Waals surface area contributed by atoms with Gasteiger partial charge in [-0.2, -0.15) is 0 Å². The third-order valence-electron chi connectivity index (χ3n) is 6.69. The van der Waals surface area contributed by atoms with Crippen molar-refractivity contribution >= 4 is 11.9 Å². The summed E-state index contributed by atoms with van der Waals surface area (Å²) in [5, 5.41) is 35.3. The van der Waals surface area contributed by atoms with Crippen molar-refractivity contribution in [2.24, 2.45) is 5.41 Å². The second-order valence-corrected chi connectivity index (χ2v) is 9.99. The van der Waals surface area contributed by atoms with Crippen LogP contribution in [0.5, 0.6) is 0 Å². The monoisotopic (exact) mass is 571 g/mol. The van der Waals surface area contributed by atoms with Crippen molar-refractivity contribution in [3.05, 3.63) is 144 Å². The van der Waals surface area contributed by atoms with Crippen LogP contribution in [0.4, 0.5) is 0 Å². The van der Waals surface area contributed by atoms with E-state index < -0.39 is 35.1 Å². The molecule has 1 aliphatic carbocycles. The molecule has 1 aromatic rings. The smallest absolute Gasteiger partial charge is 0.341 e. The highest BCUT2D eigenvalue weighted by Crippen LogP contribution is 2.45. The van der Waals surface area contributed by atoms with Gasteiger partial charge in [-0.25, -0.2) is 4.79 Å². The molecule has 0 saturated carbocycles. The summed E-state index contributed by atoms with van der Waals surface area (Å²) >= 11 is 0. The summed E-state index contributed by atoms with van der Waals surface area (Å²) in [6.45, 7) is 2.84. The fourth-order valence-corrected chi connectivity index (χ4v) is 4.48. The van der Waals surface area contributed by atoms with Gasteiger partial charge in [0.15, 0.2) is 0 Å². The number of amides is 1. The van der Waals surface area contributed by atoms with Gasteiger partial charge in [-0.05, 0) is 18.6 Å². The van der Waals surface area contributed by atoms with E-state index >= 15 is 0 Å². The molecule has 0 spiro atoms. The molecular formula is C34H37NO7. The second kappa shape index (κ2) is 14.9. The zero-order chi connectivity index (χ0) is 30.6. The summed E-state index contributed by atoms with van der Waals surface area (Å²) in [5.74, 6) is -3.74. The molecule has 0 saturated heterocycles. The van der Waals surface area contributed by atoms with E-state index in [1.165, 1.54) is 32.3 Å². The van der Waals surface area contributed by atoms with Gasteiger partial charge in [0.25, 0.3) is 0 Å². The highest BCUT2D eigenvalue weighted by atomic mass is 16.7. The average Bonchev–Trinajstić information content (AvgIpc) is 3.14. The van der Waals surface area contributed by atoms with E-state index in [0.29, 0.717) is 0 Å². The van der Waals surface area contributed by atoms with Crippen molar-refractivity contribution in [3.8, 4) is 0 Å². The zero-order valence-electron chi connectivity index (χ0n) is 23.8. The molecular weight excluding hydrogens is 534 g/mol. The molecule has 1 aliphatic heterocycles. The minimum Gasteiger partial charge on any atom is -0.509 e. The van der Waals surface area contributed by atoms with Crippen molar-refractivity contribution in [1.29, 1.82) is 0 Å². The topological polar surface area (TPSA) is 125 Å². The minimum absolute atomic E-state index is 0.224. The van der Waals surface area contributed by atoms with Crippen molar-refractivity contribution in [3.63, 3.8) is 0 Å². The number of esters is 1. The Morgan fingerprint density at radius 2 is 1.40 bits per heavy atom. The van der Waals surface area contributed by atoms with Crippen molar-refractivity contribution in [1.82, 2.24) is 5.32 Å². The molecule has 42 heavy (non-hydrogen) atoms. The maximum atomic E-state index is 13.2. The molecule has 8 heteroatoms. The number of carbonyl (C=O) groups is 2. The number of allylic oxidation sites excluding steroid dienone is 12. The summed E-state index contributed by atoms with van der Waals surface area (Å²) < 4.78 is 10.5. The Morgan fingerprint density at radius 1 is 0.833 bits per heavy atom. The summed E-state index contributed by atoms with van der Waals surface area (Å²) in [7, 11) is 1.30. The highest BCUT2D eigenvalue weighted by Gasteiger charge is 2.53. The van der Waals surface area contributed by atoms with E-state index in [1.807, 2.05) is 42.5 Å². The number of benzene rings is 1. The third-order valence-corrected chi connectivity index (χ3v) is 6.69. The van der Waals surface area contributed by atoms with E-state index in [-0.39, 0.29) is 17.5 Å². The number of aliphatic hydroxyl groups is 3. The van der Waals surface area contributed by atoms with Gasteiger partial charge in [0, 0.05) is 20.1 Å². The number of methoxy groups -OCH3 is 1. The van der Waals surface area contributed by atoms with Crippen LogP contribution in [0.3, 0.4) is 0 Å². The molecule has 220 valence electrons. The summed E-state index contributed by atoms with van der Waals surface area (Å²) in [5.41, 5.74) is -0.678. The number of aliphatic hydroxyl groups excluding tert-OH is 2. The quantitative estimate of drug-likeness (QED) is 0.377. The number of cyclic esters (lactones) is 1. The molecule has 1 heterocycles. The third kappa shape index (κ3) is 8.50. The summed E-state index contributed by atoms with van der Waals surface area (Å²) in [6.07, 6.45) is 23.8. The van der Waals surface area contributed by atoms with Crippen molar-refractivity contribution in [2.75, 3.05) is 7.11 Å². The Bertz CT molecular complexity index is 1380. The molecule has 4 N–H and O–H groups in total. The van der Waals surface area contributed by atoms with Crippen LogP contribution in [-0.4, -0.2) is 52.3 Å². The molecule has 0 bridgehead atoms. The molecule has 0 aromatic heterocycles. The molecule has 2 aliphatic rings. The van der Waals surface area contributed by atoms with E-state index in [2.05, 4.69) is 5.32 Å². The van der Waals surface area contributed by atoms with Crippen molar-refractivity contribution < 1.29 is 34.4 Å². The molecule has 5 atom stereocenters. The number of hydrogen-bond donors (Lipinski definition) is 4. The van der Waals surface area contributed by atoms with Gasteiger partial charge in [0.05, 0.1) is 17.0 Å². The summed E-state index contributed by atoms with van der Waals surface area (Å²) in [6, 6.07) is 9.23. The number of rotatable bonds is 2. The van der Waals surface area contributed by atoms with E-state index in [9.17, 15) is 24.9 Å². The lowest BCUT2D eigenvalue weighted by atomic mass is 9.80. The van der Waals surface area contributed by atoms with E-state index in [4.69, 9.17) is 9.47 Å². The predicted octanol–water partition coefficient (Wildman–Crippen LogP) is 4.77. The van der Waals surface area contributed by atoms with Crippen LogP contribution in [0.25, 0.3) is 0 Å². The van der Waals surface area contributed by atoms with Gasteiger partial charge in [0.1, 0.15) is 18.0 Å². The van der Waals surface area contributed by atoms with Crippen LogP contribution in [0.1, 0.15) is 25.5 Å². The van der Waals surface area contributed by atoms with Crippen LogP contribution in [0.15, 0.2) is 139 Å². The number of nitrogens with one attached hydrogen (secondary N) is 1. The van der Waals surface area contributed by atoms with Gasteiger partial charge in [-0.3, -0.25) is 4.79 Å². The Labute approximate surface area is 246 Å². The lowest BCUT2D eigenvalue weighted by Crippen LogP contribution is -2.39. The molecule has 3 rings (SSSR count). The van der Waals surface area contributed by atoms with Crippen LogP contribution in [-0.2, 0) is 19.1 Å². The Morgan fingerprint density at radius 3 is 2.05 bits per heavy atom. The lowest BCUT2D eigenvalue weighted by Gasteiger charge is -2.29. The van der Waals surface area contributed by atoms with Gasteiger partial charge in [0.2, 0.25) is 11.7 Å². The average molecular weight is 572 g/mol. The maximum absolute atomic E-state index is 13.2. The fourth-order valence-electron chi connectivity index (χ4n) is 4.48. The van der Waals surface area contributed by atoms with Gasteiger partial charge < -0.3 is 30.1 Å². The standard InChI is InChI=1S/C34H37NO7/c1-33-23-17-10-6-5-9-16-22-27(36)35-26(25-19-13-12-14-20-25)21-15-8-4-7-11-18-24-34(2,40)42-32(39)28(33)29(37)30(41-3)31(33)38/h4-24,26,30-31,37-38,40H,1-3H3,(H,35,36)/b8-4+,9-5+,10-6+,11-7+,21-15-,22-16+,23-17+,24-18+. The first-order valence-corrected chi connectivity index (χ1v) is 13.4. The number of ether oxygens (including phenoxy) is 2. The minimum atomic E-state index is -2.01. The molecule has 0 radical (unpaired) electrons. The van der Waals surface area contributed by atoms with Crippen molar-refractivity contribution in [2.45, 2.75) is 37.9 Å². The zero-order valence-corrected chi connectivity index (χ0v) is 23.8. The number of hydrogen-bond acceptors (Lipinski definition) is 7. The number of fused-ring (bicyclic) bond motifs is 1. The SMILES string of the molecule is COC1C(O)=C2C(=O)OC(C)(O)/C=C/C=C/C=C/C=C\C(c3ccccc3)NC(=O)/C=C/C=C/C=C/C=C/C2(C)C1O. The lowest BCUT2D eigenvalue weighted by molar-refractivity contribution is -0.181. The molecule has 8 nitrogen and oxygen atoms in total. The van der Waals surface area contributed by atoms with E-state index in [1.54, 1.807) is 73.8 Å². The predicted molar refractivity (Wildman–Crippen MR) is 162 cm³/mol. The first-order valence-electron chi connectivity index (χ1n) is 13.4. The molecule has 1 aromatic carbocycles. The first kappa shape index (κ1) is 32.0. The fraction of sp³-hybridized carbons (Fsp3) is 0.235. The highest BCUT2D eigenvalue weighted by molar-refractivity contribution is 5.93. The van der Waals surface area contributed by atoms with Crippen LogP contribution in [0, 0.1) is 5.41 Å². The van der Waals surface area contributed by atoms with Crippen LogP contribution < -0.4 is 5.32 Å². The van der Waals surface area contributed by atoms with Gasteiger partial charge in [-0.15, -0.1) is 0 Å². The Kier molecular flexibility index (Phi) is 11.4. The van der Waals surface area contributed by atoms with Gasteiger partial charge in [-0.1, -0.05) is 115 Å². The first-order chi connectivity index (χ1) is 20.1. The van der Waals surface area contributed by atoms with E-state index in [0.717, 1.165) is 5.56 Å². The van der Waals surface area contributed by atoms with Gasteiger partial charge >= 0.3 is 5.97 Å². The molecule has 0 fully saturated rings. The van der Waals surface area contributed by atoms with Crippen LogP contribution in [0.2, 0.25) is 0 Å². The second-order valence-electron chi connectivity index (χ2n) is 9.99. The summed E-state index contributed by atoms with van der Waals surface area (Å²) in [4.78, 5) is 25.7. The number of carbonyl (C=O) groups excluding carboxylic acids is 2. The maximum Gasteiger partial charge on any atom is 0.341 e. The Balaban J connectivity index is 1.92. The normalized spacial score (nSPS) is 35.4. The largest absolute Gasteiger partial charge is 0.509 e. The molecule has 5 unspecified atom stereocenters. The molecule has 1 amide bonds. The Hall–Kier alpha value is -4.50.